The monoisotopic (exact) mass is 525 g/mol. The molecule has 1 fully saturated rings. The van der Waals surface area contributed by atoms with Gasteiger partial charge in [0.05, 0.1) is 28.3 Å². The van der Waals surface area contributed by atoms with E-state index in [4.69, 9.17) is 31.5 Å². The molecule has 2 aliphatic heterocycles. The maximum Gasteiger partial charge on any atom is 0.291 e. The number of nitrogens with zero attached hydrogens (tertiary/aromatic N) is 1. The third-order valence-electron chi connectivity index (χ3n) is 7.35. The number of para-hydroxylation sites is 1. The summed E-state index contributed by atoms with van der Waals surface area (Å²) in [5.41, 5.74) is 6.31. The molecule has 4 atom stereocenters. The van der Waals surface area contributed by atoms with E-state index >= 15 is 0 Å². The number of furan rings is 1. The number of Topliss-reactive ketones (excluding diaryl/α,β-unsaturated/α-hetero) is 1. The highest BCUT2D eigenvalue weighted by atomic mass is 35.5. The van der Waals surface area contributed by atoms with Crippen LogP contribution in [0.15, 0.2) is 51.9 Å². The minimum atomic E-state index is -0.971. The Bertz CT molecular complexity index is 1400. The van der Waals surface area contributed by atoms with Gasteiger partial charge in [0.2, 0.25) is 0 Å². The molecule has 2 aromatic carbocycles. The normalized spacial score (nSPS) is 26.2. The summed E-state index contributed by atoms with van der Waals surface area (Å²) in [5, 5.41) is 3.46. The first-order valence-electron chi connectivity index (χ1n) is 12.4. The van der Waals surface area contributed by atoms with Gasteiger partial charge in [0.1, 0.15) is 11.6 Å². The van der Waals surface area contributed by atoms with Gasteiger partial charge in [0, 0.05) is 24.0 Å². The van der Waals surface area contributed by atoms with E-state index in [1.165, 1.54) is 12.1 Å². The summed E-state index contributed by atoms with van der Waals surface area (Å²) in [6, 6.07) is 11.1. The smallest absolute Gasteiger partial charge is 0.291 e. The van der Waals surface area contributed by atoms with Crippen LogP contribution in [-0.2, 0) is 15.1 Å². The summed E-state index contributed by atoms with van der Waals surface area (Å²) >= 11 is 6.73. The van der Waals surface area contributed by atoms with Crippen LogP contribution in [-0.4, -0.2) is 30.2 Å². The molecule has 9 heteroatoms. The Morgan fingerprint density at radius 1 is 1.30 bits per heavy atom. The van der Waals surface area contributed by atoms with Crippen molar-refractivity contribution in [1.82, 2.24) is 0 Å². The summed E-state index contributed by atoms with van der Waals surface area (Å²) in [5.74, 6) is -0.882. The van der Waals surface area contributed by atoms with E-state index < -0.39 is 23.2 Å². The number of carbonyl (C=O) groups is 2. The standard InChI is InChI=1S/C28H29ClFN3O4/c1-15-11-16(9-10-36-15)12-18-22(34)14-28(2,33-26(18)31)19-6-4-8-21(24(19)29)32-27(35)23-13-17-5-3-7-20(30)25(17)37-23/h3-8,13,15-16,18H,9-12,14H2,1-2H3,(H2,31,33)(H,32,35)/t15-,16-,18?,28+/m1/s1. The number of rotatable bonds is 5. The number of hydrogen-bond acceptors (Lipinski definition) is 6. The van der Waals surface area contributed by atoms with Gasteiger partial charge in [-0.3, -0.25) is 14.6 Å². The first-order valence-corrected chi connectivity index (χ1v) is 12.8. The lowest BCUT2D eigenvalue weighted by molar-refractivity contribution is -0.123. The number of aliphatic imine (C=N–C) groups is 1. The Morgan fingerprint density at radius 3 is 2.81 bits per heavy atom. The number of nitrogens with two attached hydrogens (primary N) is 1. The molecule has 0 bridgehead atoms. The second-order valence-corrected chi connectivity index (χ2v) is 10.6. The van der Waals surface area contributed by atoms with Gasteiger partial charge in [0.25, 0.3) is 5.91 Å². The van der Waals surface area contributed by atoms with Crippen molar-refractivity contribution < 1.29 is 23.1 Å². The van der Waals surface area contributed by atoms with Gasteiger partial charge in [-0.1, -0.05) is 35.9 Å². The van der Waals surface area contributed by atoms with Crippen LogP contribution < -0.4 is 11.1 Å². The van der Waals surface area contributed by atoms with Crippen molar-refractivity contribution in [2.45, 2.75) is 51.2 Å². The minimum absolute atomic E-state index is 0.00954. The molecule has 3 aromatic rings. The Kier molecular flexibility index (Phi) is 6.81. The van der Waals surface area contributed by atoms with Gasteiger partial charge in [-0.05, 0) is 57.2 Å². The number of halogens is 2. The number of ether oxygens (including phenoxy) is 1. The number of benzene rings is 2. The van der Waals surface area contributed by atoms with Crippen molar-refractivity contribution in [3.8, 4) is 0 Å². The van der Waals surface area contributed by atoms with Crippen LogP contribution in [0.2, 0.25) is 5.02 Å². The highest BCUT2D eigenvalue weighted by Crippen LogP contribution is 2.42. The fourth-order valence-corrected chi connectivity index (χ4v) is 5.82. The Hall–Kier alpha value is -3.23. The number of amides is 1. The summed E-state index contributed by atoms with van der Waals surface area (Å²) in [6.45, 7) is 4.56. The van der Waals surface area contributed by atoms with Crippen LogP contribution in [0.1, 0.15) is 55.6 Å². The molecule has 0 aliphatic carbocycles. The van der Waals surface area contributed by atoms with Crippen molar-refractivity contribution in [2.75, 3.05) is 11.9 Å². The molecule has 7 nitrogen and oxygen atoms in total. The summed E-state index contributed by atoms with van der Waals surface area (Å²) < 4.78 is 25.0. The second kappa shape index (κ2) is 9.91. The zero-order chi connectivity index (χ0) is 26.3. The van der Waals surface area contributed by atoms with Crippen LogP contribution in [0.5, 0.6) is 0 Å². The molecular weight excluding hydrogens is 497 g/mol. The number of fused-ring (bicyclic) bond motifs is 1. The molecule has 0 saturated carbocycles. The lowest BCUT2D eigenvalue weighted by Gasteiger charge is -2.36. The van der Waals surface area contributed by atoms with Gasteiger partial charge in [-0.2, -0.15) is 0 Å². The van der Waals surface area contributed by atoms with E-state index in [0.29, 0.717) is 41.4 Å². The first kappa shape index (κ1) is 25.4. The molecule has 5 rings (SSSR count). The molecule has 1 unspecified atom stereocenters. The van der Waals surface area contributed by atoms with E-state index in [0.717, 1.165) is 12.8 Å². The van der Waals surface area contributed by atoms with Gasteiger partial charge < -0.3 is 20.2 Å². The molecule has 194 valence electrons. The summed E-state index contributed by atoms with van der Waals surface area (Å²) in [4.78, 5) is 30.9. The second-order valence-electron chi connectivity index (χ2n) is 10.2. The van der Waals surface area contributed by atoms with Crippen LogP contribution >= 0.6 is 11.6 Å². The largest absolute Gasteiger partial charge is 0.448 e. The Labute approximate surface area is 219 Å². The molecule has 2 aliphatic rings. The average Bonchev–Trinajstić information content (AvgIpc) is 3.29. The van der Waals surface area contributed by atoms with Gasteiger partial charge in [0.15, 0.2) is 17.2 Å². The van der Waals surface area contributed by atoms with E-state index in [1.54, 1.807) is 30.3 Å². The van der Waals surface area contributed by atoms with Crippen molar-refractivity contribution >= 4 is 45.8 Å². The summed E-state index contributed by atoms with van der Waals surface area (Å²) in [6.07, 6.45) is 2.80. The molecule has 1 aromatic heterocycles. The van der Waals surface area contributed by atoms with Crippen LogP contribution in [0.4, 0.5) is 10.1 Å². The number of carbonyl (C=O) groups excluding carboxylic acids is 2. The molecule has 3 N–H and O–H groups in total. The van der Waals surface area contributed by atoms with Crippen molar-refractivity contribution in [1.29, 1.82) is 0 Å². The maximum atomic E-state index is 14.0. The third kappa shape index (κ3) is 5.00. The van der Waals surface area contributed by atoms with E-state index in [9.17, 15) is 14.0 Å². The molecular formula is C28H29ClFN3O4. The van der Waals surface area contributed by atoms with Crippen molar-refractivity contribution in [3.05, 3.63) is 64.6 Å². The lowest BCUT2D eigenvalue weighted by atomic mass is 9.76. The minimum Gasteiger partial charge on any atom is -0.448 e. The number of nitrogens with one attached hydrogen (secondary N) is 1. The molecule has 3 heterocycles. The van der Waals surface area contributed by atoms with Crippen molar-refractivity contribution in [3.63, 3.8) is 0 Å². The quantitative estimate of drug-likeness (QED) is 0.435. The fraction of sp³-hybridized carbons (Fsp3) is 0.393. The molecule has 0 radical (unpaired) electrons. The number of amidine groups is 1. The lowest BCUT2D eigenvalue weighted by Crippen LogP contribution is -2.43. The first-order chi connectivity index (χ1) is 17.6. The van der Waals surface area contributed by atoms with Gasteiger partial charge in [-0.25, -0.2) is 4.39 Å². The van der Waals surface area contributed by atoms with Crippen LogP contribution in [0.25, 0.3) is 11.0 Å². The predicted octanol–water partition coefficient (Wildman–Crippen LogP) is 5.84. The number of ketones is 1. The van der Waals surface area contributed by atoms with E-state index in [1.807, 2.05) is 13.8 Å². The van der Waals surface area contributed by atoms with E-state index in [-0.39, 0.29) is 34.7 Å². The van der Waals surface area contributed by atoms with E-state index in [2.05, 4.69) is 5.32 Å². The Balaban J connectivity index is 1.37. The highest BCUT2D eigenvalue weighted by Gasteiger charge is 2.41. The molecule has 37 heavy (non-hydrogen) atoms. The Morgan fingerprint density at radius 2 is 2.08 bits per heavy atom. The zero-order valence-corrected chi connectivity index (χ0v) is 21.5. The summed E-state index contributed by atoms with van der Waals surface area (Å²) in [7, 11) is 0. The number of hydrogen-bond donors (Lipinski definition) is 2. The van der Waals surface area contributed by atoms with Crippen LogP contribution in [0, 0.1) is 17.7 Å². The molecule has 0 spiro atoms. The molecule has 1 amide bonds. The SMILES string of the molecule is C[C@@H]1C[C@H](CC2C(=O)C[C@@](C)(c3cccc(NC(=O)c4cc5cccc(F)c5o4)c3Cl)N=C2N)CCO1. The topological polar surface area (TPSA) is 107 Å². The maximum absolute atomic E-state index is 14.0. The zero-order valence-electron chi connectivity index (χ0n) is 20.7. The number of anilines is 1. The molecule has 1 saturated heterocycles. The predicted molar refractivity (Wildman–Crippen MR) is 140 cm³/mol. The van der Waals surface area contributed by atoms with Gasteiger partial charge in [-0.15, -0.1) is 0 Å². The highest BCUT2D eigenvalue weighted by molar-refractivity contribution is 6.35. The average molecular weight is 526 g/mol. The fourth-order valence-electron chi connectivity index (χ4n) is 5.44. The van der Waals surface area contributed by atoms with Crippen molar-refractivity contribution in [2.24, 2.45) is 22.6 Å². The third-order valence-corrected chi connectivity index (χ3v) is 7.76. The van der Waals surface area contributed by atoms with Gasteiger partial charge >= 0.3 is 0 Å². The van der Waals surface area contributed by atoms with Crippen LogP contribution in [0.3, 0.4) is 0 Å².